The molecule has 1 aliphatic carbocycles. The maximum Gasteiger partial charge on any atom is 0.323 e. The molecule has 5 nitrogen and oxygen atoms in total. The van der Waals surface area contributed by atoms with Crippen LogP contribution in [-0.4, -0.2) is 42.1 Å². The largest absolute Gasteiger partial charge is 0.496 e. The molecule has 0 atom stereocenters. The van der Waals surface area contributed by atoms with Crippen molar-refractivity contribution >= 4 is 11.9 Å². The quantitative estimate of drug-likeness (QED) is 0.833. The molecule has 0 spiro atoms. The third kappa shape index (κ3) is 4.48. The van der Waals surface area contributed by atoms with Crippen LogP contribution in [0.5, 0.6) is 5.75 Å². The molecule has 0 aromatic heterocycles. The number of nitrogens with zero attached hydrogens (tertiary/aromatic N) is 1. The van der Waals surface area contributed by atoms with Crippen molar-refractivity contribution in [1.82, 2.24) is 4.90 Å². The van der Waals surface area contributed by atoms with Crippen LogP contribution in [0.1, 0.15) is 24.0 Å². The molecule has 0 unspecified atom stereocenters. The molecule has 1 amide bonds. The summed E-state index contributed by atoms with van der Waals surface area (Å²) in [4.78, 5) is 24.8. The minimum Gasteiger partial charge on any atom is -0.496 e. The molecule has 0 aliphatic heterocycles. The zero-order valence-corrected chi connectivity index (χ0v) is 12.5. The Hall–Kier alpha value is -2.04. The average molecular weight is 291 g/mol. The predicted molar refractivity (Wildman–Crippen MR) is 78.4 cm³/mol. The number of hydrogen-bond donors (Lipinski definition) is 1. The number of aliphatic carboxylic acids is 1. The second-order valence-corrected chi connectivity index (χ2v) is 5.60. The first-order valence-electron chi connectivity index (χ1n) is 7.12. The SMILES string of the molecule is COc1ccc(C)cc1CC(=O)N(CC(=O)O)CC1CC1. The van der Waals surface area contributed by atoms with Crippen LogP contribution in [-0.2, 0) is 16.0 Å². The molecule has 0 radical (unpaired) electrons. The number of aryl methyl sites for hydroxylation is 1. The summed E-state index contributed by atoms with van der Waals surface area (Å²) in [6.45, 7) is 2.26. The van der Waals surface area contributed by atoms with Crippen molar-refractivity contribution in [2.24, 2.45) is 5.92 Å². The lowest BCUT2D eigenvalue weighted by Crippen LogP contribution is -2.38. The van der Waals surface area contributed by atoms with Crippen molar-refractivity contribution in [1.29, 1.82) is 0 Å². The van der Waals surface area contributed by atoms with Gasteiger partial charge in [-0.25, -0.2) is 0 Å². The van der Waals surface area contributed by atoms with Gasteiger partial charge in [-0.2, -0.15) is 0 Å². The maximum absolute atomic E-state index is 12.4. The monoisotopic (exact) mass is 291 g/mol. The highest BCUT2D eigenvalue weighted by molar-refractivity contribution is 5.83. The molecule has 1 N–H and O–H groups in total. The summed E-state index contributed by atoms with van der Waals surface area (Å²) in [5.74, 6) is -0.00300. The molecule has 1 aromatic rings. The Morgan fingerprint density at radius 1 is 1.38 bits per heavy atom. The van der Waals surface area contributed by atoms with E-state index >= 15 is 0 Å². The Labute approximate surface area is 124 Å². The number of carboxylic acid groups (broad SMARTS) is 1. The molecular weight excluding hydrogens is 270 g/mol. The van der Waals surface area contributed by atoms with E-state index in [-0.39, 0.29) is 18.9 Å². The van der Waals surface area contributed by atoms with Gasteiger partial charge in [-0.05, 0) is 31.7 Å². The second kappa shape index (κ2) is 6.61. The molecule has 1 aliphatic rings. The molecule has 0 heterocycles. The number of methoxy groups -OCH3 is 1. The number of carbonyl (C=O) groups is 2. The van der Waals surface area contributed by atoms with Crippen molar-refractivity contribution in [2.75, 3.05) is 20.2 Å². The van der Waals surface area contributed by atoms with E-state index in [1.54, 1.807) is 7.11 Å². The highest BCUT2D eigenvalue weighted by atomic mass is 16.5. The molecule has 1 saturated carbocycles. The van der Waals surface area contributed by atoms with E-state index in [0.29, 0.717) is 18.2 Å². The summed E-state index contributed by atoms with van der Waals surface area (Å²) < 4.78 is 5.27. The molecule has 0 saturated heterocycles. The fraction of sp³-hybridized carbons (Fsp3) is 0.500. The van der Waals surface area contributed by atoms with Gasteiger partial charge in [-0.15, -0.1) is 0 Å². The Bertz CT molecular complexity index is 537. The third-order valence-corrected chi connectivity index (χ3v) is 3.63. The Morgan fingerprint density at radius 2 is 2.10 bits per heavy atom. The fourth-order valence-electron chi connectivity index (χ4n) is 2.35. The van der Waals surface area contributed by atoms with Crippen molar-refractivity contribution in [2.45, 2.75) is 26.2 Å². The van der Waals surface area contributed by atoms with Crippen LogP contribution >= 0.6 is 0 Å². The second-order valence-electron chi connectivity index (χ2n) is 5.60. The standard InChI is InChI=1S/C16H21NO4/c1-11-3-6-14(21-2)13(7-11)8-15(18)17(10-16(19)20)9-12-4-5-12/h3,6-7,12H,4-5,8-10H2,1-2H3,(H,19,20). The normalized spacial score (nSPS) is 13.8. The van der Waals surface area contributed by atoms with Gasteiger partial charge in [0.1, 0.15) is 12.3 Å². The summed E-state index contributed by atoms with van der Waals surface area (Å²) in [6.07, 6.45) is 2.33. The number of benzene rings is 1. The van der Waals surface area contributed by atoms with E-state index in [0.717, 1.165) is 24.0 Å². The van der Waals surface area contributed by atoms with Crippen LogP contribution in [0, 0.1) is 12.8 Å². The first-order chi connectivity index (χ1) is 9.99. The van der Waals surface area contributed by atoms with E-state index in [9.17, 15) is 9.59 Å². The van der Waals surface area contributed by atoms with Gasteiger partial charge in [0.2, 0.25) is 5.91 Å². The molecule has 1 fully saturated rings. The third-order valence-electron chi connectivity index (χ3n) is 3.63. The van der Waals surface area contributed by atoms with Crippen LogP contribution in [0.25, 0.3) is 0 Å². The van der Waals surface area contributed by atoms with Gasteiger partial charge in [0.25, 0.3) is 0 Å². The Kier molecular flexibility index (Phi) is 4.83. The van der Waals surface area contributed by atoms with Crippen LogP contribution in [0.3, 0.4) is 0 Å². The lowest BCUT2D eigenvalue weighted by molar-refractivity contribution is -0.144. The summed E-state index contributed by atoms with van der Waals surface area (Å²) in [5, 5.41) is 8.96. The summed E-state index contributed by atoms with van der Waals surface area (Å²) in [7, 11) is 1.57. The Morgan fingerprint density at radius 3 is 2.67 bits per heavy atom. The van der Waals surface area contributed by atoms with Crippen molar-refractivity contribution < 1.29 is 19.4 Å². The van der Waals surface area contributed by atoms with Crippen LogP contribution in [0.2, 0.25) is 0 Å². The van der Waals surface area contributed by atoms with Gasteiger partial charge in [-0.1, -0.05) is 17.7 Å². The average Bonchev–Trinajstić information content (AvgIpc) is 3.21. The zero-order valence-electron chi connectivity index (χ0n) is 12.5. The van der Waals surface area contributed by atoms with E-state index in [1.165, 1.54) is 4.90 Å². The number of carbonyl (C=O) groups excluding carboxylic acids is 1. The summed E-state index contributed by atoms with van der Waals surface area (Å²) >= 11 is 0. The fourth-order valence-corrected chi connectivity index (χ4v) is 2.35. The number of ether oxygens (including phenoxy) is 1. The topological polar surface area (TPSA) is 66.8 Å². The van der Waals surface area contributed by atoms with Gasteiger partial charge in [-0.3, -0.25) is 9.59 Å². The highest BCUT2D eigenvalue weighted by Crippen LogP contribution is 2.30. The van der Waals surface area contributed by atoms with Crippen molar-refractivity contribution in [3.05, 3.63) is 29.3 Å². The molecular formula is C16H21NO4. The lowest BCUT2D eigenvalue weighted by Gasteiger charge is -2.21. The zero-order chi connectivity index (χ0) is 15.4. The number of hydrogen-bond acceptors (Lipinski definition) is 3. The smallest absolute Gasteiger partial charge is 0.323 e. The van der Waals surface area contributed by atoms with Gasteiger partial charge in [0.05, 0.1) is 13.5 Å². The van der Waals surface area contributed by atoms with Gasteiger partial charge in [0.15, 0.2) is 0 Å². The summed E-state index contributed by atoms with van der Waals surface area (Å²) in [6, 6.07) is 5.67. The van der Waals surface area contributed by atoms with Crippen molar-refractivity contribution in [3.63, 3.8) is 0 Å². The molecule has 5 heteroatoms. The summed E-state index contributed by atoms with van der Waals surface area (Å²) in [5.41, 5.74) is 1.85. The maximum atomic E-state index is 12.4. The minimum absolute atomic E-state index is 0.159. The number of carboxylic acids is 1. The molecule has 0 bridgehead atoms. The van der Waals surface area contributed by atoms with E-state index in [4.69, 9.17) is 9.84 Å². The van der Waals surface area contributed by atoms with Crippen LogP contribution in [0.15, 0.2) is 18.2 Å². The predicted octanol–water partition coefficient (Wildman–Crippen LogP) is 1.87. The van der Waals surface area contributed by atoms with Gasteiger partial charge < -0.3 is 14.7 Å². The number of amides is 1. The first-order valence-corrected chi connectivity index (χ1v) is 7.12. The lowest BCUT2D eigenvalue weighted by atomic mass is 10.1. The van der Waals surface area contributed by atoms with E-state index < -0.39 is 5.97 Å². The van der Waals surface area contributed by atoms with Crippen LogP contribution < -0.4 is 4.74 Å². The highest BCUT2D eigenvalue weighted by Gasteiger charge is 2.28. The number of rotatable bonds is 7. The van der Waals surface area contributed by atoms with Crippen molar-refractivity contribution in [3.8, 4) is 5.75 Å². The van der Waals surface area contributed by atoms with Gasteiger partial charge >= 0.3 is 5.97 Å². The molecule has 114 valence electrons. The van der Waals surface area contributed by atoms with Gasteiger partial charge in [0, 0.05) is 12.1 Å². The minimum atomic E-state index is -0.972. The first kappa shape index (κ1) is 15.4. The van der Waals surface area contributed by atoms with Crippen LogP contribution in [0.4, 0.5) is 0 Å². The van der Waals surface area contributed by atoms with E-state index in [2.05, 4.69) is 0 Å². The Balaban J connectivity index is 2.09. The molecule has 2 rings (SSSR count). The van der Waals surface area contributed by atoms with E-state index in [1.807, 2.05) is 25.1 Å². The molecule has 21 heavy (non-hydrogen) atoms. The molecule has 1 aromatic carbocycles.